The zero-order valence-corrected chi connectivity index (χ0v) is 14.8. The minimum Gasteiger partial charge on any atom is -1.00 e. The molecule has 0 spiro atoms. The summed E-state index contributed by atoms with van der Waals surface area (Å²) in [5, 5.41) is 0. The van der Waals surface area contributed by atoms with Gasteiger partial charge in [0, 0.05) is 0 Å². The molecule has 16 heavy (non-hydrogen) atoms. The van der Waals surface area contributed by atoms with Crippen molar-refractivity contribution in [1.82, 2.24) is 0 Å². The van der Waals surface area contributed by atoms with E-state index in [2.05, 4.69) is 51.1 Å². The van der Waals surface area contributed by atoms with Crippen LogP contribution in [-0.2, 0) is 24.4 Å². The van der Waals surface area contributed by atoms with E-state index >= 15 is 0 Å². The van der Waals surface area contributed by atoms with Gasteiger partial charge in [-0.15, -0.1) is 0 Å². The molecule has 85 valence electrons. The third-order valence-electron chi connectivity index (χ3n) is 2.80. The molecule has 1 atom stereocenters. The van der Waals surface area contributed by atoms with Crippen LogP contribution in [0.3, 0.4) is 0 Å². The van der Waals surface area contributed by atoms with Crippen molar-refractivity contribution in [2.45, 2.75) is 24.4 Å². The van der Waals surface area contributed by atoms with E-state index < -0.39 is 0 Å². The molecule has 0 fully saturated rings. The number of fused-ring (bicyclic) bond motifs is 1. The largest absolute Gasteiger partial charge is 1.00 e. The van der Waals surface area contributed by atoms with Crippen molar-refractivity contribution in [2.24, 2.45) is 5.41 Å². The first-order valence-corrected chi connectivity index (χ1v) is 7.09. The monoisotopic (exact) mass is 421 g/mol. The number of hydrogen-bond acceptors (Lipinski definition) is 0. The van der Waals surface area contributed by atoms with Crippen molar-refractivity contribution >= 4 is 6.08 Å². The van der Waals surface area contributed by atoms with E-state index in [0.717, 1.165) is 3.67 Å². The van der Waals surface area contributed by atoms with Crippen LogP contribution in [0.5, 0.6) is 0 Å². The second-order valence-corrected chi connectivity index (χ2v) is 6.99. The van der Waals surface area contributed by atoms with Crippen molar-refractivity contribution in [3.63, 3.8) is 0 Å². The Labute approximate surface area is 125 Å². The molecule has 3 heteroatoms. The van der Waals surface area contributed by atoms with E-state index in [1.54, 1.807) is 11.1 Å². The van der Waals surface area contributed by atoms with Crippen LogP contribution in [0.25, 0.3) is 6.08 Å². The molecule has 0 heterocycles. The fourth-order valence-corrected chi connectivity index (χ4v) is 4.77. The Morgan fingerprint density at radius 2 is 1.62 bits per heavy atom. The maximum Gasteiger partial charge on any atom is -1.00 e. The van der Waals surface area contributed by atoms with Crippen molar-refractivity contribution < 1.29 is 49.2 Å². The SMILES string of the molecule is CC(C)(C)C1=Cc2ccccc2[CH]1[Hf+2].[Cl-].[Cl-]. The summed E-state index contributed by atoms with van der Waals surface area (Å²) in [6.07, 6.45) is 2.40. The molecule has 2 rings (SSSR count). The summed E-state index contributed by atoms with van der Waals surface area (Å²) >= 11 is 1.23. The summed E-state index contributed by atoms with van der Waals surface area (Å²) in [4.78, 5) is 0. The van der Waals surface area contributed by atoms with Gasteiger partial charge >= 0.3 is 101 Å². The second-order valence-electron chi connectivity index (χ2n) is 4.91. The molecule has 1 unspecified atom stereocenters. The molecular weight excluding hydrogens is 406 g/mol. The summed E-state index contributed by atoms with van der Waals surface area (Å²) in [5.74, 6) is 0. The topological polar surface area (TPSA) is 0 Å². The number of hydrogen-bond donors (Lipinski definition) is 0. The molecule has 1 aliphatic rings. The van der Waals surface area contributed by atoms with Crippen LogP contribution < -0.4 is 24.8 Å². The molecular formula is C13H15Cl2Hf. The molecule has 1 aromatic carbocycles. The molecule has 0 saturated carbocycles. The standard InChI is InChI=1S/C13H15.2ClH.Hf/c1-13(2,3)12-8-10-6-4-5-7-11(10)9-12;;;/h4-9H,1-3H3;2*1H;/q;;;+2/p-2. The zero-order valence-electron chi connectivity index (χ0n) is 9.72. The predicted octanol–water partition coefficient (Wildman–Crippen LogP) is -2.27. The molecule has 0 amide bonds. The Hall–Kier alpha value is 0.410. The van der Waals surface area contributed by atoms with Crippen molar-refractivity contribution in [1.29, 1.82) is 0 Å². The van der Waals surface area contributed by atoms with Crippen LogP contribution in [0.1, 0.15) is 35.6 Å². The van der Waals surface area contributed by atoms with Crippen LogP contribution in [0.4, 0.5) is 0 Å². The number of allylic oxidation sites excluding steroid dienone is 1. The number of rotatable bonds is 0. The average molecular weight is 421 g/mol. The number of benzene rings is 1. The van der Waals surface area contributed by atoms with Gasteiger partial charge in [-0.3, -0.25) is 0 Å². The van der Waals surface area contributed by atoms with Crippen molar-refractivity contribution in [2.75, 3.05) is 0 Å². The van der Waals surface area contributed by atoms with Crippen LogP contribution >= 0.6 is 0 Å². The maximum atomic E-state index is 2.40. The van der Waals surface area contributed by atoms with Gasteiger partial charge in [-0.05, 0) is 0 Å². The molecule has 0 aromatic heterocycles. The van der Waals surface area contributed by atoms with Crippen molar-refractivity contribution in [3.8, 4) is 0 Å². The van der Waals surface area contributed by atoms with Crippen molar-refractivity contribution in [3.05, 3.63) is 41.0 Å². The zero-order chi connectivity index (χ0) is 10.3. The Kier molecular flexibility index (Phi) is 5.99. The van der Waals surface area contributed by atoms with Gasteiger partial charge in [0.15, 0.2) is 0 Å². The Morgan fingerprint density at radius 3 is 2.12 bits per heavy atom. The van der Waals surface area contributed by atoms with E-state index in [0.29, 0.717) is 5.41 Å². The first-order chi connectivity index (χ1) is 6.50. The Bertz CT molecular complexity index is 391. The Balaban J connectivity index is 0.00000112. The third kappa shape index (κ3) is 3.00. The molecule has 0 aliphatic heterocycles. The second kappa shape index (κ2) is 5.84. The van der Waals surface area contributed by atoms with E-state index in [1.165, 1.54) is 29.9 Å². The predicted molar refractivity (Wildman–Crippen MR) is 56.6 cm³/mol. The summed E-state index contributed by atoms with van der Waals surface area (Å²) in [6.45, 7) is 6.95. The van der Waals surface area contributed by atoms with Crippen LogP contribution in [0, 0.1) is 5.41 Å². The molecule has 1 aromatic rings. The van der Waals surface area contributed by atoms with Gasteiger partial charge in [-0.1, -0.05) is 0 Å². The third-order valence-corrected chi connectivity index (χ3v) is 5.03. The fraction of sp³-hybridized carbons (Fsp3) is 0.385. The Morgan fingerprint density at radius 1 is 1.06 bits per heavy atom. The van der Waals surface area contributed by atoms with E-state index in [1.807, 2.05) is 0 Å². The smallest absolute Gasteiger partial charge is 1.00 e. The first kappa shape index (κ1) is 16.4. The van der Waals surface area contributed by atoms with E-state index in [4.69, 9.17) is 0 Å². The molecule has 1 aliphatic carbocycles. The minimum atomic E-state index is 0. The van der Waals surface area contributed by atoms with Gasteiger partial charge in [0.25, 0.3) is 0 Å². The summed E-state index contributed by atoms with van der Waals surface area (Å²) in [6, 6.07) is 8.81. The van der Waals surface area contributed by atoms with Crippen LogP contribution in [0.2, 0.25) is 0 Å². The molecule has 0 radical (unpaired) electrons. The van der Waals surface area contributed by atoms with Gasteiger partial charge < -0.3 is 24.8 Å². The molecule has 0 nitrogen and oxygen atoms in total. The quantitative estimate of drug-likeness (QED) is 0.415. The van der Waals surface area contributed by atoms with E-state index in [9.17, 15) is 0 Å². The maximum absolute atomic E-state index is 2.40. The summed E-state index contributed by atoms with van der Waals surface area (Å²) in [7, 11) is 0. The van der Waals surface area contributed by atoms with Crippen LogP contribution in [0.15, 0.2) is 29.8 Å². The minimum absolute atomic E-state index is 0. The first-order valence-electron chi connectivity index (χ1n) is 5.02. The summed E-state index contributed by atoms with van der Waals surface area (Å²) < 4.78 is 0.728. The van der Waals surface area contributed by atoms with Gasteiger partial charge in [-0.2, -0.15) is 0 Å². The molecule has 0 N–H and O–H groups in total. The average Bonchev–Trinajstić information content (AvgIpc) is 2.44. The molecule has 0 saturated heterocycles. The van der Waals surface area contributed by atoms with Crippen LogP contribution in [-0.4, -0.2) is 0 Å². The summed E-state index contributed by atoms with van der Waals surface area (Å²) in [5.41, 5.74) is 4.93. The number of halogens is 2. The fourth-order valence-electron chi connectivity index (χ4n) is 1.97. The van der Waals surface area contributed by atoms with Gasteiger partial charge in [-0.25, -0.2) is 0 Å². The van der Waals surface area contributed by atoms with Gasteiger partial charge in [0.05, 0.1) is 0 Å². The molecule has 0 bridgehead atoms. The van der Waals surface area contributed by atoms with E-state index in [-0.39, 0.29) is 24.8 Å². The van der Waals surface area contributed by atoms with Gasteiger partial charge in [0.2, 0.25) is 0 Å². The normalized spacial score (nSPS) is 18.1. The van der Waals surface area contributed by atoms with Gasteiger partial charge in [0.1, 0.15) is 0 Å².